The van der Waals surface area contributed by atoms with Gasteiger partial charge in [-0.25, -0.2) is 9.37 Å². The number of hydrogen-bond acceptors (Lipinski definition) is 4. The van der Waals surface area contributed by atoms with Crippen molar-refractivity contribution in [2.75, 3.05) is 0 Å². The first-order valence-electron chi connectivity index (χ1n) is 8.62. The molecule has 6 heteroatoms. The molecule has 1 heterocycles. The predicted molar refractivity (Wildman–Crippen MR) is 110 cm³/mol. The largest absolute Gasteiger partial charge is 0.237 e. The Morgan fingerprint density at radius 2 is 1.39 bits per heavy atom. The van der Waals surface area contributed by atoms with Crippen molar-refractivity contribution in [3.8, 4) is 0 Å². The van der Waals surface area contributed by atoms with Gasteiger partial charge in [-0.15, -0.1) is 15.8 Å². The van der Waals surface area contributed by atoms with E-state index in [1.165, 1.54) is 17.4 Å². The Morgan fingerprint density at radius 3 is 1.93 bits per heavy atom. The number of benzene rings is 3. The number of thiazole rings is 1. The third-order valence-corrected chi connectivity index (χ3v) is 6.25. The summed E-state index contributed by atoms with van der Waals surface area (Å²) < 4.78 is 32.3. The molecule has 0 N–H and O–H groups in total. The van der Waals surface area contributed by atoms with E-state index in [1.54, 1.807) is 29.8 Å². The lowest BCUT2D eigenvalue weighted by molar-refractivity contribution is 0.0686. The second-order valence-corrected chi connectivity index (χ2v) is 8.10. The van der Waals surface area contributed by atoms with Gasteiger partial charge in [0.2, 0.25) is 0 Å². The van der Waals surface area contributed by atoms with Crippen molar-refractivity contribution in [1.29, 1.82) is 0 Å². The van der Waals surface area contributed by atoms with Crippen LogP contribution in [0.1, 0.15) is 16.7 Å². The van der Waals surface area contributed by atoms with Crippen molar-refractivity contribution < 1.29 is 8.87 Å². The van der Waals surface area contributed by atoms with Gasteiger partial charge in [0.05, 0.1) is 0 Å². The van der Waals surface area contributed by atoms with E-state index in [9.17, 15) is 0 Å². The van der Waals surface area contributed by atoms with Crippen LogP contribution in [-0.2, 0) is 5.54 Å². The fourth-order valence-corrected chi connectivity index (χ4v) is 4.87. The van der Waals surface area contributed by atoms with E-state index in [0.717, 1.165) is 11.9 Å². The average Bonchev–Trinajstić information content (AvgIpc) is 3.25. The van der Waals surface area contributed by atoms with E-state index < -0.39 is 11.4 Å². The minimum Gasteiger partial charge on any atom is -0.237 e. The van der Waals surface area contributed by atoms with E-state index >= 15 is 8.87 Å². The standard InChI is InChI=1S/C22H16F2N2S2/c23-20-14-8-7-13-19(20)22(17-9-3-1-4-10-17,18-11-5-2-6-12-18)26(24)28-21-25-15-16-27-21/h1-16H. The normalized spacial score (nSPS) is 11.7. The van der Waals surface area contributed by atoms with Crippen LogP contribution < -0.4 is 0 Å². The summed E-state index contributed by atoms with van der Waals surface area (Å²) in [6.07, 6.45) is 1.62. The fraction of sp³-hybridized carbons (Fsp3) is 0.0455. The van der Waals surface area contributed by atoms with Crippen LogP contribution >= 0.6 is 23.3 Å². The minimum atomic E-state index is -1.48. The molecule has 0 fully saturated rings. The molecule has 0 saturated heterocycles. The van der Waals surface area contributed by atoms with Gasteiger partial charge in [-0.3, -0.25) is 0 Å². The Labute approximate surface area is 170 Å². The number of aromatic nitrogens is 1. The molecule has 2 nitrogen and oxygen atoms in total. The zero-order chi connectivity index (χ0) is 19.4. The quantitative estimate of drug-likeness (QED) is 0.206. The topological polar surface area (TPSA) is 16.1 Å². The molecular formula is C22H16F2N2S2. The van der Waals surface area contributed by atoms with Crippen LogP contribution in [0, 0.1) is 5.82 Å². The SMILES string of the molecule is Fc1ccccc1C(c1ccccc1)(c1ccccc1)N(F)Sc1nccs1. The highest BCUT2D eigenvalue weighted by atomic mass is 32.2. The van der Waals surface area contributed by atoms with E-state index in [4.69, 9.17) is 0 Å². The second-order valence-electron chi connectivity index (χ2n) is 6.06. The molecule has 0 aliphatic heterocycles. The molecule has 0 unspecified atom stereocenters. The molecule has 0 saturated carbocycles. The first kappa shape index (κ1) is 18.8. The van der Waals surface area contributed by atoms with Crippen LogP contribution in [0.4, 0.5) is 8.87 Å². The van der Waals surface area contributed by atoms with Crippen molar-refractivity contribution in [2.24, 2.45) is 0 Å². The van der Waals surface area contributed by atoms with E-state index in [-0.39, 0.29) is 5.56 Å². The number of rotatable bonds is 6. The molecule has 0 bridgehead atoms. The Morgan fingerprint density at radius 1 is 0.821 bits per heavy atom. The summed E-state index contributed by atoms with van der Waals surface area (Å²) in [6.45, 7) is 0. The second kappa shape index (κ2) is 8.22. The van der Waals surface area contributed by atoms with Crippen molar-refractivity contribution in [1.82, 2.24) is 9.51 Å². The minimum absolute atomic E-state index is 0.235. The smallest absolute Gasteiger partial charge is 0.167 e. The van der Waals surface area contributed by atoms with Crippen molar-refractivity contribution >= 4 is 23.3 Å². The molecule has 4 aromatic rings. The van der Waals surface area contributed by atoms with Gasteiger partial charge in [-0.1, -0.05) is 83.4 Å². The van der Waals surface area contributed by atoms with Crippen LogP contribution in [0.25, 0.3) is 0 Å². The summed E-state index contributed by atoms with van der Waals surface area (Å²) in [7, 11) is 0. The van der Waals surface area contributed by atoms with E-state index in [2.05, 4.69) is 4.98 Å². The van der Waals surface area contributed by atoms with Crippen LogP contribution in [0.3, 0.4) is 0 Å². The molecule has 0 aliphatic rings. The third-order valence-electron chi connectivity index (χ3n) is 4.48. The van der Waals surface area contributed by atoms with Gasteiger partial charge in [0.1, 0.15) is 11.4 Å². The molecule has 0 amide bonds. The Hall–Kier alpha value is -2.54. The van der Waals surface area contributed by atoms with Gasteiger partial charge in [0, 0.05) is 29.1 Å². The number of nitrogens with zero attached hydrogens (tertiary/aromatic N) is 2. The third kappa shape index (κ3) is 3.35. The Balaban J connectivity index is 2.01. The fourth-order valence-electron chi connectivity index (χ4n) is 3.28. The van der Waals surface area contributed by atoms with Crippen molar-refractivity contribution in [3.05, 3.63) is 119 Å². The predicted octanol–water partition coefficient (Wildman–Crippen LogP) is 6.47. The molecule has 140 valence electrons. The van der Waals surface area contributed by atoms with Crippen LogP contribution in [0.15, 0.2) is 101 Å². The van der Waals surface area contributed by atoms with Gasteiger partial charge >= 0.3 is 0 Å². The summed E-state index contributed by atoms with van der Waals surface area (Å²) in [4.78, 5) is 4.18. The molecule has 4 rings (SSSR count). The molecule has 0 atom stereocenters. The lowest BCUT2D eigenvalue weighted by Crippen LogP contribution is -2.41. The first-order chi connectivity index (χ1) is 13.7. The summed E-state index contributed by atoms with van der Waals surface area (Å²) in [5.74, 6) is -0.474. The van der Waals surface area contributed by atoms with Gasteiger partial charge in [-0.2, -0.15) is 0 Å². The average molecular weight is 411 g/mol. The van der Waals surface area contributed by atoms with Crippen LogP contribution in [0.5, 0.6) is 0 Å². The molecule has 0 radical (unpaired) electrons. The van der Waals surface area contributed by atoms with Crippen molar-refractivity contribution in [3.63, 3.8) is 0 Å². The maximum absolute atomic E-state index is 16.1. The molecule has 0 aliphatic carbocycles. The molecule has 0 spiro atoms. The van der Waals surface area contributed by atoms with Gasteiger partial charge in [0.15, 0.2) is 4.34 Å². The molecule has 1 aromatic heterocycles. The van der Waals surface area contributed by atoms with Gasteiger partial charge in [-0.05, 0) is 17.2 Å². The highest BCUT2D eigenvalue weighted by Gasteiger charge is 2.46. The highest BCUT2D eigenvalue weighted by molar-refractivity contribution is 7.98. The summed E-state index contributed by atoms with van der Waals surface area (Å²) >= 11 is 2.19. The van der Waals surface area contributed by atoms with Gasteiger partial charge < -0.3 is 0 Å². The lowest BCUT2D eigenvalue weighted by Gasteiger charge is -2.38. The number of hydrogen-bond donors (Lipinski definition) is 0. The zero-order valence-electron chi connectivity index (χ0n) is 14.7. The molecular weight excluding hydrogens is 394 g/mol. The molecule has 3 aromatic carbocycles. The summed E-state index contributed by atoms with van der Waals surface area (Å²) in [5.41, 5.74) is -0.000770. The zero-order valence-corrected chi connectivity index (χ0v) is 16.3. The van der Waals surface area contributed by atoms with E-state index in [1.807, 2.05) is 60.7 Å². The van der Waals surface area contributed by atoms with Crippen LogP contribution in [-0.4, -0.2) is 9.51 Å². The number of halogens is 2. The Bertz CT molecular complexity index is 985. The maximum atomic E-state index is 16.1. The van der Waals surface area contributed by atoms with Gasteiger partial charge in [0.25, 0.3) is 0 Å². The lowest BCUT2D eigenvalue weighted by atomic mass is 9.77. The summed E-state index contributed by atoms with van der Waals surface area (Å²) in [6, 6.07) is 24.6. The Kier molecular flexibility index (Phi) is 5.52. The molecule has 28 heavy (non-hydrogen) atoms. The monoisotopic (exact) mass is 410 g/mol. The van der Waals surface area contributed by atoms with E-state index in [0.29, 0.717) is 20.0 Å². The highest BCUT2D eigenvalue weighted by Crippen LogP contribution is 2.48. The maximum Gasteiger partial charge on any atom is 0.167 e. The summed E-state index contributed by atoms with van der Waals surface area (Å²) in [5, 5.41) is 1.78. The van der Waals surface area contributed by atoms with Crippen molar-refractivity contribution in [2.45, 2.75) is 9.88 Å². The first-order valence-corrected chi connectivity index (χ1v) is 10.3. The van der Waals surface area contributed by atoms with Crippen LogP contribution in [0.2, 0.25) is 0 Å².